The number of morpholine rings is 1. The normalized spacial score (nSPS) is 14.6. The SMILES string of the molecule is CNC(C(=O)N(C)Cc1ccccc1N1CCOCC1)c1cnn(C)c1.Cl.Cl. The molecule has 0 spiro atoms. The molecule has 2 aromatic rings. The quantitative estimate of drug-likeness (QED) is 0.760. The van der Waals surface area contributed by atoms with Gasteiger partial charge in [0, 0.05) is 51.2 Å². The maximum absolute atomic E-state index is 13.0. The minimum absolute atomic E-state index is 0. The Labute approximate surface area is 178 Å². The zero-order valence-electron chi connectivity index (χ0n) is 16.5. The highest BCUT2D eigenvalue weighted by molar-refractivity contribution is 5.85. The van der Waals surface area contributed by atoms with E-state index in [2.05, 4.69) is 27.4 Å². The summed E-state index contributed by atoms with van der Waals surface area (Å²) in [5, 5.41) is 7.28. The first-order valence-corrected chi connectivity index (χ1v) is 8.91. The third kappa shape index (κ3) is 5.61. The first-order chi connectivity index (χ1) is 12.6. The Bertz CT molecular complexity index is 749. The summed E-state index contributed by atoms with van der Waals surface area (Å²) in [6, 6.07) is 7.88. The molecule has 156 valence electrons. The van der Waals surface area contributed by atoms with Crippen LogP contribution in [0.2, 0.25) is 0 Å². The van der Waals surface area contributed by atoms with Crippen LogP contribution in [0.15, 0.2) is 36.7 Å². The number of carbonyl (C=O) groups is 1. The summed E-state index contributed by atoms with van der Waals surface area (Å²) in [7, 11) is 5.49. The van der Waals surface area contributed by atoms with E-state index in [1.165, 1.54) is 5.69 Å². The Morgan fingerprint density at radius 3 is 2.57 bits per heavy atom. The summed E-state index contributed by atoms with van der Waals surface area (Å²) in [6.07, 6.45) is 3.60. The minimum Gasteiger partial charge on any atom is -0.378 e. The number of hydrogen-bond acceptors (Lipinski definition) is 5. The van der Waals surface area contributed by atoms with E-state index in [4.69, 9.17) is 4.74 Å². The van der Waals surface area contributed by atoms with Crippen molar-refractivity contribution in [2.24, 2.45) is 7.05 Å². The van der Waals surface area contributed by atoms with Crippen molar-refractivity contribution in [1.29, 1.82) is 0 Å². The van der Waals surface area contributed by atoms with Gasteiger partial charge in [0.15, 0.2) is 0 Å². The van der Waals surface area contributed by atoms with Crippen molar-refractivity contribution in [3.63, 3.8) is 0 Å². The molecule has 0 saturated carbocycles. The number of hydrogen-bond donors (Lipinski definition) is 1. The number of para-hydroxylation sites is 1. The molecule has 1 aromatic carbocycles. The van der Waals surface area contributed by atoms with Crippen LogP contribution in [0.5, 0.6) is 0 Å². The van der Waals surface area contributed by atoms with Crippen molar-refractivity contribution in [2.45, 2.75) is 12.6 Å². The van der Waals surface area contributed by atoms with Crippen molar-refractivity contribution in [1.82, 2.24) is 20.0 Å². The minimum atomic E-state index is -0.399. The van der Waals surface area contributed by atoms with Gasteiger partial charge >= 0.3 is 0 Å². The van der Waals surface area contributed by atoms with Crippen LogP contribution in [0.1, 0.15) is 17.2 Å². The lowest BCUT2D eigenvalue weighted by Gasteiger charge is -2.32. The van der Waals surface area contributed by atoms with Gasteiger partial charge in [-0.2, -0.15) is 5.10 Å². The molecular weight excluding hydrogens is 401 g/mol. The van der Waals surface area contributed by atoms with Gasteiger partial charge in [0.25, 0.3) is 0 Å². The molecule has 0 aliphatic carbocycles. The van der Waals surface area contributed by atoms with Crippen molar-refractivity contribution < 1.29 is 9.53 Å². The fraction of sp³-hybridized carbons (Fsp3) is 0.474. The zero-order valence-corrected chi connectivity index (χ0v) is 18.1. The van der Waals surface area contributed by atoms with Crippen LogP contribution in [-0.4, -0.2) is 61.0 Å². The number of nitrogens with one attached hydrogen (secondary N) is 1. The molecule has 9 heteroatoms. The first kappa shape index (κ1) is 24.2. The lowest BCUT2D eigenvalue weighted by atomic mass is 10.1. The highest BCUT2D eigenvalue weighted by Gasteiger charge is 2.24. The molecule has 28 heavy (non-hydrogen) atoms. The molecule has 1 fully saturated rings. The highest BCUT2D eigenvalue weighted by atomic mass is 35.5. The van der Waals surface area contributed by atoms with Crippen LogP contribution in [0, 0.1) is 0 Å². The van der Waals surface area contributed by atoms with E-state index in [-0.39, 0.29) is 30.7 Å². The standard InChI is InChI=1S/C19H27N5O2.2ClH/c1-20-18(16-12-21-23(3)14-16)19(25)22(2)13-15-6-4-5-7-17(15)24-8-10-26-11-9-24;;/h4-7,12,14,18,20H,8-11,13H2,1-3H3;2*1H. The molecule has 1 atom stereocenters. The van der Waals surface area contributed by atoms with Crippen LogP contribution >= 0.6 is 24.8 Å². The van der Waals surface area contributed by atoms with Gasteiger partial charge < -0.3 is 19.9 Å². The van der Waals surface area contributed by atoms with Gasteiger partial charge in [-0.1, -0.05) is 18.2 Å². The summed E-state index contributed by atoms with van der Waals surface area (Å²) < 4.78 is 7.16. The third-order valence-electron chi connectivity index (χ3n) is 4.72. The Hall–Kier alpha value is -1.80. The zero-order chi connectivity index (χ0) is 18.5. The molecule has 1 saturated heterocycles. The lowest BCUT2D eigenvalue weighted by molar-refractivity contribution is -0.132. The molecule has 1 aliphatic heterocycles. The summed E-state index contributed by atoms with van der Waals surface area (Å²) in [6.45, 7) is 3.80. The Morgan fingerprint density at radius 1 is 1.29 bits per heavy atom. The van der Waals surface area contributed by atoms with Gasteiger partial charge in [0.1, 0.15) is 6.04 Å². The van der Waals surface area contributed by atoms with Gasteiger partial charge in [-0.25, -0.2) is 0 Å². The predicted molar refractivity (Wildman–Crippen MR) is 115 cm³/mol. The molecule has 1 amide bonds. The fourth-order valence-electron chi connectivity index (χ4n) is 3.33. The summed E-state index contributed by atoms with van der Waals surface area (Å²) in [5.41, 5.74) is 3.19. The van der Waals surface area contributed by atoms with Crippen LogP contribution in [-0.2, 0) is 23.1 Å². The molecule has 1 aromatic heterocycles. The number of nitrogens with zero attached hydrogens (tertiary/aromatic N) is 4. The number of ether oxygens (including phenoxy) is 1. The second-order valence-electron chi connectivity index (χ2n) is 6.59. The van der Waals surface area contributed by atoms with E-state index in [9.17, 15) is 4.79 Å². The lowest BCUT2D eigenvalue weighted by Crippen LogP contribution is -2.39. The van der Waals surface area contributed by atoms with Crippen LogP contribution in [0.4, 0.5) is 5.69 Å². The second kappa shape index (κ2) is 11.3. The number of likely N-dealkylation sites (N-methyl/N-ethyl adjacent to an activating group) is 2. The molecule has 3 rings (SSSR count). The Kier molecular flexibility index (Phi) is 9.75. The smallest absolute Gasteiger partial charge is 0.244 e. The van der Waals surface area contributed by atoms with Gasteiger partial charge in [0.2, 0.25) is 5.91 Å². The van der Waals surface area contributed by atoms with Gasteiger partial charge in [-0.05, 0) is 18.7 Å². The van der Waals surface area contributed by atoms with Gasteiger partial charge in [0.05, 0.1) is 19.4 Å². The molecule has 1 aliphatic rings. The monoisotopic (exact) mass is 429 g/mol. The number of anilines is 1. The predicted octanol–water partition coefficient (Wildman–Crippen LogP) is 2.02. The molecular formula is C19H29Cl2N5O2. The summed E-state index contributed by atoms with van der Waals surface area (Å²) >= 11 is 0. The molecule has 1 N–H and O–H groups in total. The van der Waals surface area contributed by atoms with Crippen molar-refractivity contribution in [3.8, 4) is 0 Å². The number of amides is 1. The largest absolute Gasteiger partial charge is 0.378 e. The second-order valence-corrected chi connectivity index (χ2v) is 6.59. The average molecular weight is 430 g/mol. The van der Waals surface area contributed by atoms with E-state index in [0.717, 1.165) is 37.4 Å². The molecule has 0 radical (unpaired) electrons. The van der Waals surface area contributed by atoms with E-state index < -0.39 is 6.04 Å². The number of halogens is 2. The number of aromatic nitrogens is 2. The maximum Gasteiger partial charge on any atom is 0.244 e. The fourth-order valence-corrected chi connectivity index (χ4v) is 3.33. The number of aryl methyl sites for hydroxylation is 1. The summed E-state index contributed by atoms with van der Waals surface area (Å²) in [5.74, 6) is 0.0253. The van der Waals surface area contributed by atoms with Crippen LogP contribution < -0.4 is 10.2 Å². The van der Waals surface area contributed by atoms with E-state index in [1.807, 2.05) is 32.4 Å². The maximum atomic E-state index is 13.0. The number of rotatable bonds is 6. The average Bonchev–Trinajstić information content (AvgIpc) is 3.09. The molecule has 2 heterocycles. The van der Waals surface area contributed by atoms with E-state index in [1.54, 1.807) is 22.8 Å². The van der Waals surface area contributed by atoms with E-state index in [0.29, 0.717) is 6.54 Å². The Balaban J connectivity index is 0.00000196. The number of carbonyl (C=O) groups excluding carboxylic acids is 1. The van der Waals surface area contributed by atoms with Crippen LogP contribution in [0.3, 0.4) is 0 Å². The topological polar surface area (TPSA) is 62.6 Å². The third-order valence-corrected chi connectivity index (χ3v) is 4.72. The van der Waals surface area contributed by atoms with Crippen molar-refractivity contribution in [3.05, 3.63) is 47.8 Å². The van der Waals surface area contributed by atoms with Crippen molar-refractivity contribution in [2.75, 3.05) is 45.3 Å². The van der Waals surface area contributed by atoms with Gasteiger partial charge in [-0.15, -0.1) is 24.8 Å². The molecule has 7 nitrogen and oxygen atoms in total. The Morgan fingerprint density at radius 2 is 1.96 bits per heavy atom. The first-order valence-electron chi connectivity index (χ1n) is 8.91. The van der Waals surface area contributed by atoms with Gasteiger partial charge in [-0.3, -0.25) is 9.48 Å². The molecule has 1 unspecified atom stereocenters. The van der Waals surface area contributed by atoms with E-state index >= 15 is 0 Å². The molecule has 0 bridgehead atoms. The van der Waals surface area contributed by atoms with Crippen LogP contribution in [0.25, 0.3) is 0 Å². The number of benzene rings is 1. The van der Waals surface area contributed by atoms with Crippen molar-refractivity contribution >= 4 is 36.4 Å². The highest BCUT2D eigenvalue weighted by Crippen LogP contribution is 2.24. The summed E-state index contributed by atoms with van der Waals surface area (Å²) in [4.78, 5) is 17.1.